The second kappa shape index (κ2) is 11.5. The van der Waals surface area contributed by atoms with Crippen LogP contribution in [0.3, 0.4) is 0 Å². The number of nitrogens with one attached hydrogen (secondary N) is 1. The zero-order chi connectivity index (χ0) is 25.7. The Labute approximate surface area is 215 Å². The van der Waals surface area contributed by atoms with Gasteiger partial charge in [0.25, 0.3) is 5.89 Å². The Morgan fingerprint density at radius 3 is 2.67 bits per heavy atom. The monoisotopic (exact) mass is 508 g/mol. The first-order valence-corrected chi connectivity index (χ1v) is 12.4. The van der Waals surface area contributed by atoms with Crippen LogP contribution in [0.25, 0.3) is 22.8 Å². The predicted octanol–water partition coefficient (Wildman–Crippen LogP) is 5.54. The molecule has 3 aromatic rings. The fourth-order valence-corrected chi connectivity index (χ4v) is 4.66. The topological polar surface area (TPSA) is 110 Å². The number of nitriles is 1. The smallest absolute Gasteiger partial charge is 0.308 e. The van der Waals surface area contributed by atoms with E-state index in [2.05, 4.69) is 21.5 Å². The van der Waals surface area contributed by atoms with Crippen LogP contribution in [-0.2, 0) is 16.1 Å². The number of aromatic nitrogens is 2. The minimum Gasteiger partial charge on any atom is -0.490 e. The molecule has 9 heteroatoms. The number of ether oxygens (including phenoxy) is 2. The molecule has 0 spiro atoms. The Morgan fingerprint density at radius 2 is 2.00 bits per heavy atom. The number of rotatable bonds is 8. The van der Waals surface area contributed by atoms with E-state index in [9.17, 15) is 10.1 Å². The van der Waals surface area contributed by atoms with Crippen LogP contribution in [0.15, 0.2) is 40.9 Å². The van der Waals surface area contributed by atoms with E-state index in [1.807, 2.05) is 32.0 Å². The van der Waals surface area contributed by atoms with Gasteiger partial charge in [0.1, 0.15) is 11.8 Å². The highest BCUT2D eigenvalue weighted by molar-refractivity contribution is 6.33. The molecule has 1 fully saturated rings. The zero-order valence-corrected chi connectivity index (χ0v) is 21.3. The largest absolute Gasteiger partial charge is 0.490 e. The quantitative estimate of drug-likeness (QED) is 0.395. The maximum Gasteiger partial charge on any atom is 0.308 e. The summed E-state index contributed by atoms with van der Waals surface area (Å²) in [5.41, 5.74) is 2.73. The average Bonchev–Trinajstić information content (AvgIpc) is 3.37. The molecule has 0 bridgehead atoms. The maximum atomic E-state index is 11.7. The number of hydrogen-bond acceptors (Lipinski definition) is 8. The molecule has 4 rings (SSSR count). The van der Waals surface area contributed by atoms with Gasteiger partial charge in [0.05, 0.1) is 29.7 Å². The van der Waals surface area contributed by atoms with E-state index in [0.29, 0.717) is 51.8 Å². The normalized spacial score (nSPS) is 17.6. The van der Waals surface area contributed by atoms with E-state index in [1.165, 1.54) is 7.11 Å². The average molecular weight is 509 g/mol. The second-order valence-electron chi connectivity index (χ2n) is 9.18. The third kappa shape index (κ3) is 6.04. The summed E-state index contributed by atoms with van der Waals surface area (Å²) >= 11 is 6.57. The van der Waals surface area contributed by atoms with E-state index in [-0.39, 0.29) is 18.0 Å². The minimum atomic E-state index is -0.108. The molecule has 8 nitrogen and oxygen atoms in total. The van der Waals surface area contributed by atoms with Gasteiger partial charge in [-0.25, -0.2) is 0 Å². The molecule has 36 heavy (non-hydrogen) atoms. The molecule has 1 heterocycles. The van der Waals surface area contributed by atoms with Crippen LogP contribution >= 0.6 is 11.6 Å². The molecular weight excluding hydrogens is 480 g/mol. The third-order valence-corrected chi connectivity index (χ3v) is 6.58. The molecule has 1 aliphatic carbocycles. The van der Waals surface area contributed by atoms with Crippen LogP contribution < -0.4 is 10.1 Å². The first-order chi connectivity index (χ1) is 17.4. The molecule has 0 radical (unpaired) electrons. The number of halogens is 1. The van der Waals surface area contributed by atoms with Gasteiger partial charge in [-0.1, -0.05) is 22.8 Å². The fourth-order valence-electron chi connectivity index (χ4n) is 4.37. The van der Waals surface area contributed by atoms with Crippen molar-refractivity contribution in [2.45, 2.75) is 58.2 Å². The molecular formula is C27H29ClN4O4. The molecule has 2 aromatic carbocycles. The van der Waals surface area contributed by atoms with Crippen LogP contribution in [0, 0.1) is 17.2 Å². The maximum absolute atomic E-state index is 11.7. The van der Waals surface area contributed by atoms with Crippen molar-refractivity contribution in [1.82, 2.24) is 15.5 Å². The molecule has 0 unspecified atom stereocenters. The van der Waals surface area contributed by atoms with Crippen molar-refractivity contribution in [1.29, 1.82) is 5.26 Å². The second-order valence-corrected chi connectivity index (χ2v) is 9.59. The fraction of sp³-hybridized carbons (Fsp3) is 0.407. The number of hydrogen-bond donors (Lipinski definition) is 1. The van der Waals surface area contributed by atoms with Crippen molar-refractivity contribution in [3.8, 4) is 34.7 Å². The summed E-state index contributed by atoms with van der Waals surface area (Å²) in [6, 6.07) is 13.4. The molecule has 0 atom stereocenters. The van der Waals surface area contributed by atoms with Crippen LogP contribution in [-0.4, -0.2) is 35.4 Å². The van der Waals surface area contributed by atoms with Crippen LogP contribution in [0.4, 0.5) is 0 Å². The van der Waals surface area contributed by atoms with E-state index >= 15 is 0 Å². The zero-order valence-electron chi connectivity index (χ0n) is 20.6. The third-order valence-electron chi connectivity index (χ3n) is 6.27. The summed E-state index contributed by atoms with van der Waals surface area (Å²) < 4.78 is 16.0. The molecule has 1 saturated carbocycles. The molecule has 0 amide bonds. The van der Waals surface area contributed by atoms with E-state index in [0.717, 1.165) is 31.2 Å². The predicted molar refractivity (Wildman–Crippen MR) is 135 cm³/mol. The number of carbonyl (C=O) groups is 1. The molecule has 1 aromatic heterocycles. The Balaban J connectivity index is 1.40. The molecule has 0 aliphatic heterocycles. The summed E-state index contributed by atoms with van der Waals surface area (Å²) in [5, 5.41) is 17.7. The van der Waals surface area contributed by atoms with Gasteiger partial charge in [-0.3, -0.25) is 4.79 Å². The van der Waals surface area contributed by atoms with Gasteiger partial charge in [-0.2, -0.15) is 10.2 Å². The lowest BCUT2D eigenvalue weighted by molar-refractivity contribution is -0.146. The number of esters is 1. The Bertz CT molecular complexity index is 1260. The summed E-state index contributed by atoms with van der Waals surface area (Å²) in [6.07, 6.45) is 3.52. The van der Waals surface area contributed by atoms with Crippen molar-refractivity contribution in [3.63, 3.8) is 0 Å². The van der Waals surface area contributed by atoms with E-state index < -0.39 is 0 Å². The summed E-state index contributed by atoms with van der Waals surface area (Å²) in [7, 11) is 1.44. The lowest BCUT2D eigenvalue weighted by atomic mass is 9.86. The Morgan fingerprint density at radius 1 is 1.22 bits per heavy atom. The lowest BCUT2D eigenvalue weighted by Gasteiger charge is -2.27. The summed E-state index contributed by atoms with van der Waals surface area (Å²) in [5.74, 6) is 1.08. The number of carbonyl (C=O) groups excluding carboxylic acids is 1. The van der Waals surface area contributed by atoms with Gasteiger partial charge in [-0.05, 0) is 75.4 Å². The van der Waals surface area contributed by atoms with Gasteiger partial charge < -0.3 is 19.3 Å². The SMILES string of the molecule is COC(=O)C1CCC(NCc2ccc(-c3noc(-c4ccc(OC(C)C)c(C#N)c4)n3)c(Cl)c2)CC1. The van der Waals surface area contributed by atoms with Crippen molar-refractivity contribution in [2.75, 3.05) is 7.11 Å². The van der Waals surface area contributed by atoms with Gasteiger partial charge in [-0.15, -0.1) is 0 Å². The van der Waals surface area contributed by atoms with Crippen LogP contribution in [0.2, 0.25) is 5.02 Å². The molecule has 188 valence electrons. The van der Waals surface area contributed by atoms with E-state index in [4.69, 9.17) is 25.6 Å². The standard InChI is InChI=1S/C27H29ClN4O4/c1-16(2)35-24-11-7-19(13-20(24)14-29)26-31-25(32-36-26)22-10-4-17(12-23(22)28)15-30-21-8-5-18(6-9-21)27(33)34-3/h4,7,10-13,16,18,21,30H,5-6,8-9,15H2,1-3H3. The van der Waals surface area contributed by atoms with Crippen LogP contribution in [0.5, 0.6) is 5.75 Å². The summed E-state index contributed by atoms with van der Waals surface area (Å²) in [4.78, 5) is 16.2. The first-order valence-electron chi connectivity index (χ1n) is 12.0. The highest BCUT2D eigenvalue weighted by Crippen LogP contribution is 2.31. The summed E-state index contributed by atoms with van der Waals surface area (Å²) in [6.45, 7) is 4.48. The molecule has 1 aliphatic rings. The molecule has 0 saturated heterocycles. The number of benzene rings is 2. The number of nitrogens with zero attached hydrogens (tertiary/aromatic N) is 3. The lowest BCUT2D eigenvalue weighted by Crippen LogP contribution is -2.34. The van der Waals surface area contributed by atoms with Crippen molar-refractivity contribution >= 4 is 17.6 Å². The van der Waals surface area contributed by atoms with Gasteiger partial charge >= 0.3 is 5.97 Å². The highest BCUT2D eigenvalue weighted by Gasteiger charge is 2.26. The van der Waals surface area contributed by atoms with Crippen molar-refractivity contribution in [2.24, 2.45) is 5.92 Å². The Hall–Kier alpha value is -3.41. The first kappa shape index (κ1) is 25.7. The van der Waals surface area contributed by atoms with E-state index in [1.54, 1.807) is 18.2 Å². The number of methoxy groups -OCH3 is 1. The molecule has 1 N–H and O–H groups in total. The highest BCUT2D eigenvalue weighted by atomic mass is 35.5. The van der Waals surface area contributed by atoms with Crippen molar-refractivity contribution < 1.29 is 18.8 Å². The van der Waals surface area contributed by atoms with Crippen molar-refractivity contribution in [3.05, 3.63) is 52.5 Å². The Kier molecular flexibility index (Phi) is 8.24. The minimum absolute atomic E-state index is 0.0134. The van der Waals surface area contributed by atoms with Gasteiger partial charge in [0.15, 0.2) is 0 Å². The van der Waals surface area contributed by atoms with Gasteiger partial charge in [0, 0.05) is 23.7 Å². The van der Waals surface area contributed by atoms with Crippen LogP contribution in [0.1, 0.15) is 50.7 Å². The van der Waals surface area contributed by atoms with Gasteiger partial charge in [0.2, 0.25) is 5.82 Å².